The van der Waals surface area contributed by atoms with Crippen molar-refractivity contribution in [1.29, 1.82) is 0 Å². The number of esters is 2. The Labute approximate surface area is 224 Å². The van der Waals surface area contributed by atoms with E-state index in [4.69, 9.17) is 14.2 Å². The van der Waals surface area contributed by atoms with Gasteiger partial charge in [0.2, 0.25) is 18.1 Å². The molecule has 2 saturated heterocycles. The number of hydrogen-bond acceptors (Lipinski definition) is 9. The molecule has 2 unspecified atom stereocenters. The van der Waals surface area contributed by atoms with Gasteiger partial charge in [0.05, 0.1) is 23.3 Å². The highest BCUT2D eigenvalue weighted by atomic mass is 16.6. The Kier molecular flexibility index (Phi) is 10.1. The Morgan fingerprint density at radius 1 is 0.846 bits per heavy atom. The Morgan fingerprint density at radius 2 is 1.31 bits per heavy atom. The van der Waals surface area contributed by atoms with Crippen molar-refractivity contribution >= 4 is 29.8 Å². The summed E-state index contributed by atoms with van der Waals surface area (Å²) >= 11 is 0. The van der Waals surface area contributed by atoms with E-state index in [1.165, 1.54) is 24.3 Å². The molecule has 12 heteroatoms. The van der Waals surface area contributed by atoms with E-state index in [1.54, 1.807) is 38.1 Å². The van der Waals surface area contributed by atoms with Crippen molar-refractivity contribution in [2.45, 2.75) is 44.6 Å². The molecule has 0 aromatic heterocycles. The minimum atomic E-state index is -2.22. The first-order valence-electron chi connectivity index (χ1n) is 12.2. The van der Waals surface area contributed by atoms with E-state index < -0.39 is 36.1 Å². The van der Waals surface area contributed by atoms with Gasteiger partial charge in [0.1, 0.15) is 6.61 Å². The number of carbonyl (C=O) groups excluding carboxylic acids is 3. The first-order chi connectivity index (χ1) is 18.5. The summed E-state index contributed by atoms with van der Waals surface area (Å²) in [4.78, 5) is 58.2. The van der Waals surface area contributed by atoms with Gasteiger partial charge in [-0.05, 0) is 51.1 Å². The molecule has 4 atom stereocenters. The maximum absolute atomic E-state index is 12.2. The fourth-order valence-corrected chi connectivity index (χ4v) is 3.84. The number of nitrogens with one attached hydrogen (secondary N) is 2. The highest BCUT2D eigenvalue weighted by molar-refractivity contribution is 5.95. The Bertz CT molecular complexity index is 1120. The molecule has 0 bridgehead atoms. The Hall–Kier alpha value is -4.29. The fraction of sp³-hybridized carbons (Fsp3) is 0.370. The number of benzene rings is 2. The number of aryl methyl sites for hydroxylation is 2. The summed E-state index contributed by atoms with van der Waals surface area (Å²) in [7, 11) is 0. The third-order valence-electron chi connectivity index (χ3n) is 6.00. The van der Waals surface area contributed by atoms with Gasteiger partial charge in [-0.25, -0.2) is 19.2 Å². The van der Waals surface area contributed by atoms with Crippen LogP contribution in [0.4, 0.5) is 0 Å². The molecule has 39 heavy (non-hydrogen) atoms. The summed E-state index contributed by atoms with van der Waals surface area (Å²) in [5, 5.41) is 24.7. The second kappa shape index (κ2) is 13.5. The second-order valence-electron chi connectivity index (χ2n) is 9.08. The number of carboxylic acid groups (broad SMARTS) is 2. The number of carbonyl (C=O) groups is 5. The number of morpholine rings is 1. The highest BCUT2D eigenvalue weighted by Crippen LogP contribution is 2.15. The van der Waals surface area contributed by atoms with Gasteiger partial charge in [0.15, 0.2) is 0 Å². The molecule has 0 radical (unpaired) electrons. The number of carboxylic acids is 2. The normalized spacial score (nSPS) is 19.6. The van der Waals surface area contributed by atoms with E-state index in [-0.39, 0.29) is 35.8 Å². The highest BCUT2D eigenvalue weighted by Gasteiger charge is 2.41. The summed E-state index contributed by atoms with van der Waals surface area (Å²) in [6.45, 7) is 5.66. The number of aliphatic carboxylic acids is 2. The van der Waals surface area contributed by atoms with Crippen LogP contribution in [0.2, 0.25) is 0 Å². The molecule has 0 spiro atoms. The predicted octanol–water partition coefficient (Wildman–Crippen LogP) is 1.09. The Balaban J connectivity index is 0.000000314. The van der Waals surface area contributed by atoms with Gasteiger partial charge in [-0.15, -0.1) is 0 Å². The monoisotopic (exact) mass is 542 g/mol. The van der Waals surface area contributed by atoms with Crippen molar-refractivity contribution in [3.63, 3.8) is 0 Å². The van der Waals surface area contributed by atoms with Gasteiger partial charge in [0, 0.05) is 6.54 Å². The summed E-state index contributed by atoms with van der Waals surface area (Å²) < 4.78 is 15.0. The van der Waals surface area contributed by atoms with Crippen molar-refractivity contribution in [3.05, 3.63) is 70.8 Å². The standard InChI is InChI=1S/C20H18O8.C7H12N2O2/c1-11-3-7-13(8-4-11)19(25)27-15(17(21)22)16(18(23)24)28-20(26)14-9-5-12(2)6-10-14;10-7-4-11-6-1-2-8-3-5(6)9-7/h3-10,15-16H,1-2H3,(H,21,22)(H,23,24);5-6,8H,1-4H2,(H,9,10)/t15-,16-;/m0./s1. The van der Waals surface area contributed by atoms with E-state index in [0.29, 0.717) is 0 Å². The minimum Gasteiger partial charge on any atom is -0.478 e. The summed E-state index contributed by atoms with van der Waals surface area (Å²) in [6, 6.07) is 12.3. The maximum Gasteiger partial charge on any atom is 0.349 e. The van der Waals surface area contributed by atoms with Crippen LogP contribution < -0.4 is 10.6 Å². The minimum absolute atomic E-state index is 0.00921. The van der Waals surface area contributed by atoms with E-state index in [9.17, 15) is 34.2 Å². The lowest BCUT2D eigenvalue weighted by atomic mass is 10.0. The van der Waals surface area contributed by atoms with Gasteiger partial charge in [0.25, 0.3) is 0 Å². The predicted molar refractivity (Wildman–Crippen MR) is 135 cm³/mol. The average molecular weight is 543 g/mol. The molecular formula is C27H30N2O10. The zero-order chi connectivity index (χ0) is 28.5. The number of rotatable bonds is 7. The van der Waals surface area contributed by atoms with Crippen LogP contribution in [-0.2, 0) is 28.6 Å². The molecule has 4 rings (SSSR count). The van der Waals surface area contributed by atoms with E-state index >= 15 is 0 Å². The summed E-state index contributed by atoms with van der Waals surface area (Å²) in [6.07, 6.45) is -3.19. The topological polar surface area (TPSA) is 178 Å². The summed E-state index contributed by atoms with van der Waals surface area (Å²) in [5.41, 5.74) is 1.79. The maximum atomic E-state index is 12.2. The third kappa shape index (κ3) is 8.35. The molecule has 0 saturated carbocycles. The van der Waals surface area contributed by atoms with Crippen LogP contribution in [-0.4, -0.2) is 84.0 Å². The van der Waals surface area contributed by atoms with Crippen LogP contribution in [0.1, 0.15) is 38.3 Å². The first-order valence-corrected chi connectivity index (χ1v) is 12.2. The molecule has 208 valence electrons. The van der Waals surface area contributed by atoms with Crippen molar-refractivity contribution < 1.29 is 48.4 Å². The second-order valence-corrected chi connectivity index (χ2v) is 9.08. The van der Waals surface area contributed by atoms with Gasteiger partial charge < -0.3 is 35.1 Å². The van der Waals surface area contributed by atoms with Crippen molar-refractivity contribution in [1.82, 2.24) is 10.6 Å². The van der Waals surface area contributed by atoms with E-state index in [1.807, 2.05) is 0 Å². The number of fused-ring (bicyclic) bond motifs is 1. The van der Waals surface area contributed by atoms with Gasteiger partial charge in [-0.3, -0.25) is 4.79 Å². The quantitative estimate of drug-likeness (QED) is 0.368. The zero-order valence-corrected chi connectivity index (χ0v) is 21.4. The van der Waals surface area contributed by atoms with E-state index in [0.717, 1.165) is 30.6 Å². The number of hydrogen-bond donors (Lipinski definition) is 4. The van der Waals surface area contributed by atoms with Gasteiger partial charge >= 0.3 is 23.9 Å². The number of amides is 1. The van der Waals surface area contributed by atoms with Crippen molar-refractivity contribution in [2.75, 3.05) is 19.7 Å². The van der Waals surface area contributed by atoms with Crippen LogP contribution in [0.15, 0.2) is 48.5 Å². The Morgan fingerprint density at radius 3 is 1.74 bits per heavy atom. The third-order valence-corrected chi connectivity index (χ3v) is 6.00. The first kappa shape index (κ1) is 29.3. The van der Waals surface area contributed by atoms with Gasteiger partial charge in [-0.2, -0.15) is 0 Å². The lowest BCUT2D eigenvalue weighted by Crippen LogP contribution is -2.59. The molecule has 2 aromatic carbocycles. The van der Waals surface area contributed by atoms with Gasteiger partial charge in [-0.1, -0.05) is 35.4 Å². The largest absolute Gasteiger partial charge is 0.478 e. The molecular weight excluding hydrogens is 512 g/mol. The van der Waals surface area contributed by atoms with E-state index in [2.05, 4.69) is 10.6 Å². The number of ether oxygens (including phenoxy) is 3. The zero-order valence-electron chi connectivity index (χ0n) is 21.4. The molecule has 1 amide bonds. The molecule has 2 aromatic rings. The molecule has 2 aliphatic rings. The smallest absolute Gasteiger partial charge is 0.349 e. The molecule has 12 nitrogen and oxygen atoms in total. The van der Waals surface area contributed by atoms with Crippen molar-refractivity contribution in [2.24, 2.45) is 0 Å². The van der Waals surface area contributed by atoms with Crippen LogP contribution in [0.3, 0.4) is 0 Å². The lowest BCUT2D eigenvalue weighted by Gasteiger charge is -2.35. The molecule has 2 aliphatic heterocycles. The average Bonchev–Trinajstić information content (AvgIpc) is 2.91. The number of piperidine rings is 1. The molecule has 2 fully saturated rings. The summed E-state index contributed by atoms with van der Waals surface area (Å²) in [5.74, 6) is -5.61. The SMILES string of the molecule is Cc1ccc(C(=O)O[C@H](C(=O)O)[C@H](OC(=O)c2ccc(C)cc2)C(=O)O)cc1.O=C1COC2CCNCC2N1. The van der Waals surface area contributed by atoms with Crippen LogP contribution in [0.25, 0.3) is 0 Å². The fourth-order valence-electron chi connectivity index (χ4n) is 3.84. The lowest BCUT2D eigenvalue weighted by molar-refractivity contribution is -0.166. The molecule has 2 heterocycles. The molecule has 4 N–H and O–H groups in total. The van der Waals surface area contributed by atoms with Crippen LogP contribution in [0, 0.1) is 13.8 Å². The van der Waals surface area contributed by atoms with Crippen LogP contribution >= 0.6 is 0 Å². The van der Waals surface area contributed by atoms with Crippen molar-refractivity contribution in [3.8, 4) is 0 Å². The van der Waals surface area contributed by atoms with Crippen LogP contribution in [0.5, 0.6) is 0 Å². The molecule has 0 aliphatic carbocycles.